The second-order valence-electron chi connectivity index (χ2n) is 11.8. The van der Waals surface area contributed by atoms with Crippen LogP contribution in [0.5, 0.6) is 11.5 Å². The standard InChI is InChI=1S/C36H45F3O8/c1-24-20-29(11-13-31(24)28-9-7-27(8-10-28)6-4-5-15-36(37,38)39)30-12-14-32(44-16-18-46-34(42)25(2)22-40)33(21-30)45-17-19-47-35(43)26(3)23-41/h11-14,20-21,27-28,40-41H,2-10,15-19,22-23H2,1H3. The smallest absolute Gasteiger partial charge is 0.389 e. The summed E-state index contributed by atoms with van der Waals surface area (Å²) in [5, 5.41) is 18.1. The number of hydrogen-bond donors (Lipinski definition) is 2. The summed E-state index contributed by atoms with van der Waals surface area (Å²) < 4.78 is 59.1. The highest BCUT2D eigenvalue weighted by molar-refractivity contribution is 5.88. The summed E-state index contributed by atoms with van der Waals surface area (Å²) in [5.41, 5.74) is 4.13. The highest BCUT2D eigenvalue weighted by Gasteiger charge is 2.27. The molecule has 0 amide bonds. The molecule has 47 heavy (non-hydrogen) atoms. The first-order chi connectivity index (χ1) is 22.4. The third-order valence-electron chi connectivity index (χ3n) is 8.26. The Morgan fingerprint density at radius 1 is 0.787 bits per heavy atom. The molecular formula is C36H45F3O8. The Kier molecular flexibility index (Phi) is 14.8. The molecule has 0 saturated heterocycles. The highest BCUT2D eigenvalue weighted by atomic mass is 19.4. The van der Waals surface area contributed by atoms with E-state index in [9.17, 15) is 22.8 Å². The molecule has 258 valence electrons. The van der Waals surface area contributed by atoms with Crippen molar-refractivity contribution in [2.24, 2.45) is 5.92 Å². The van der Waals surface area contributed by atoms with Crippen molar-refractivity contribution in [3.8, 4) is 22.6 Å². The van der Waals surface area contributed by atoms with Gasteiger partial charge in [-0.15, -0.1) is 0 Å². The number of ether oxygens (including phenoxy) is 4. The van der Waals surface area contributed by atoms with E-state index in [0.29, 0.717) is 29.8 Å². The zero-order valence-electron chi connectivity index (χ0n) is 26.9. The zero-order valence-corrected chi connectivity index (χ0v) is 26.9. The lowest BCUT2D eigenvalue weighted by atomic mass is 9.76. The van der Waals surface area contributed by atoms with Crippen LogP contribution < -0.4 is 9.47 Å². The maximum Gasteiger partial charge on any atom is 0.389 e. The number of carbonyl (C=O) groups is 2. The third-order valence-corrected chi connectivity index (χ3v) is 8.26. The summed E-state index contributed by atoms with van der Waals surface area (Å²) >= 11 is 0. The molecule has 0 atom stereocenters. The summed E-state index contributed by atoms with van der Waals surface area (Å²) in [6, 6.07) is 11.7. The molecule has 0 spiro atoms. The molecule has 11 heteroatoms. The van der Waals surface area contributed by atoms with E-state index in [4.69, 9.17) is 29.2 Å². The predicted octanol–water partition coefficient (Wildman–Crippen LogP) is 7.00. The van der Waals surface area contributed by atoms with Gasteiger partial charge >= 0.3 is 18.1 Å². The minimum atomic E-state index is -4.07. The van der Waals surface area contributed by atoms with E-state index >= 15 is 0 Å². The van der Waals surface area contributed by atoms with Gasteiger partial charge in [-0.3, -0.25) is 0 Å². The molecule has 1 saturated carbocycles. The van der Waals surface area contributed by atoms with Crippen LogP contribution in [0.15, 0.2) is 60.7 Å². The molecule has 0 radical (unpaired) electrons. The Morgan fingerprint density at radius 2 is 1.34 bits per heavy atom. The third kappa shape index (κ3) is 12.4. The lowest BCUT2D eigenvalue weighted by Crippen LogP contribution is -2.16. The molecule has 1 aliphatic rings. The van der Waals surface area contributed by atoms with E-state index in [2.05, 4.69) is 38.3 Å². The number of unbranched alkanes of at least 4 members (excludes halogenated alkanes) is 1. The van der Waals surface area contributed by atoms with E-state index < -0.39 is 37.7 Å². The maximum absolute atomic E-state index is 12.4. The fourth-order valence-corrected chi connectivity index (χ4v) is 5.66. The number of benzene rings is 2. The van der Waals surface area contributed by atoms with Gasteiger partial charge in [0.2, 0.25) is 0 Å². The van der Waals surface area contributed by atoms with Crippen molar-refractivity contribution < 1.29 is 51.9 Å². The van der Waals surface area contributed by atoms with Gasteiger partial charge < -0.3 is 29.2 Å². The van der Waals surface area contributed by atoms with Gasteiger partial charge in [0.25, 0.3) is 0 Å². The Labute approximate surface area is 274 Å². The SMILES string of the molecule is C=C(CO)C(=O)OCCOc1ccc(-c2ccc(C3CCC(CCCCC(F)(F)F)CC3)c(C)c2)cc1OCCOC(=O)C(=C)CO. The molecule has 0 bridgehead atoms. The van der Waals surface area contributed by atoms with Gasteiger partial charge in [0.1, 0.15) is 26.4 Å². The van der Waals surface area contributed by atoms with E-state index in [0.717, 1.165) is 48.8 Å². The van der Waals surface area contributed by atoms with Gasteiger partial charge in [-0.25, -0.2) is 9.59 Å². The van der Waals surface area contributed by atoms with Crippen molar-refractivity contribution in [1.29, 1.82) is 0 Å². The number of aliphatic hydroxyl groups excluding tert-OH is 2. The molecule has 0 heterocycles. The number of aliphatic hydroxyl groups is 2. The molecular weight excluding hydrogens is 617 g/mol. The van der Waals surface area contributed by atoms with Gasteiger partial charge in [0.15, 0.2) is 11.5 Å². The Bertz CT molecular complexity index is 1360. The van der Waals surface area contributed by atoms with Crippen LogP contribution in [0.4, 0.5) is 13.2 Å². The van der Waals surface area contributed by atoms with Crippen LogP contribution in [0, 0.1) is 12.8 Å². The van der Waals surface area contributed by atoms with Crippen LogP contribution in [0.25, 0.3) is 11.1 Å². The second-order valence-corrected chi connectivity index (χ2v) is 11.8. The van der Waals surface area contributed by atoms with Crippen molar-refractivity contribution in [3.05, 3.63) is 71.8 Å². The first kappa shape index (κ1) is 37.6. The Hall–Kier alpha value is -3.83. The summed E-state index contributed by atoms with van der Waals surface area (Å²) in [6.45, 7) is 7.76. The Balaban J connectivity index is 1.64. The van der Waals surface area contributed by atoms with Gasteiger partial charge in [-0.05, 0) is 85.3 Å². The van der Waals surface area contributed by atoms with Crippen molar-refractivity contribution in [3.63, 3.8) is 0 Å². The van der Waals surface area contributed by atoms with Crippen molar-refractivity contribution in [2.45, 2.75) is 70.4 Å². The Morgan fingerprint density at radius 3 is 1.89 bits per heavy atom. The number of carbonyl (C=O) groups excluding carboxylic acids is 2. The number of aryl methyl sites for hydroxylation is 1. The number of esters is 2. The van der Waals surface area contributed by atoms with Gasteiger partial charge in [-0.1, -0.05) is 50.3 Å². The van der Waals surface area contributed by atoms with E-state index in [1.807, 2.05) is 12.1 Å². The number of alkyl halides is 3. The molecule has 0 aliphatic heterocycles. The molecule has 0 aromatic heterocycles. The van der Waals surface area contributed by atoms with E-state index in [1.165, 1.54) is 5.56 Å². The lowest BCUT2D eigenvalue weighted by molar-refractivity contribution is -0.141. The van der Waals surface area contributed by atoms with Crippen LogP contribution in [-0.4, -0.2) is 68.0 Å². The predicted molar refractivity (Wildman–Crippen MR) is 171 cm³/mol. The average Bonchev–Trinajstić information content (AvgIpc) is 3.06. The molecule has 1 fully saturated rings. The number of hydrogen-bond acceptors (Lipinski definition) is 8. The van der Waals surface area contributed by atoms with Crippen LogP contribution in [0.1, 0.15) is 68.4 Å². The van der Waals surface area contributed by atoms with Crippen molar-refractivity contribution in [2.75, 3.05) is 39.6 Å². The van der Waals surface area contributed by atoms with Gasteiger partial charge in [-0.2, -0.15) is 13.2 Å². The monoisotopic (exact) mass is 662 g/mol. The van der Waals surface area contributed by atoms with Crippen LogP contribution in [0.3, 0.4) is 0 Å². The van der Waals surface area contributed by atoms with E-state index in [1.54, 1.807) is 6.07 Å². The van der Waals surface area contributed by atoms with Crippen molar-refractivity contribution >= 4 is 11.9 Å². The fraction of sp³-hybridized carbons (Fsp3) is 0.500. The normalized spacial score (nSPS) is 16.3. The number of halogens is 3. The van der Waals surface area contributed by atoms with Crippen molar-refractivity contribution in [1.82, 2.24) is 0 Å². The molecule has 2 aromatic rings. The first-order valence-corrected chi connectivity index (χ1v) is 15.9. The quantitative estimate of drug-likeness (QED) is 0.0998. The summed E-state index contributed by atoms with van der Waals surface area (Å²) in [5.74, 6) is 0.209. The van der Waals surface area contributed by atoms with Gasteiger partial charge in [0, 0.05) is 6.42 Å². The van der Waals surface area contributed by atoms with Crippen LogP contribution >= 0.6 is 0 Å². The average molecular weight is 663 g/mol. The second kappa shape index (κ2) is 18.5. The zero-order chi connectivity index (χ0) is 34.4. The topological polar surface area (TPSA) is 112 Å². The van der Waals surface area contributed by atoms with E-state index in [-0.39, 0.29) is 44.0 Å². The number of rotatable bonds is 18. The van der Waals surface area contributed by atoms with Crippen LogP contribution in [0.2, 0.25) is 0 Å². The maximum atomic E-state index is 12.4. The largest absolute Gasteiger partial charge is 0.486 e. The van der Waals surface area contributed by atoms with Crippen LogP contribution in [-0.2, 0) is 19.1 Å². The molecule has 3 rings (SSSR count). The molecule has 2 N–H and O–H groups in total. The minimum absolute atomic E-state index is 0.00145. The molecule has 2 aromatic carbocycles. The van der Waals surface area contributed by atoms with Gasteiger partial charge in [0.05, 0.1) is 24.4 Å². The fourth-order valence-electron chi connectivity index (χ4n) is 5.66. The molecule has 1 aliphatic carbocycles. The lowest BCUT2D eigenvalue weighted by Gasteiger charge is -2.30. The summed E-state index contributed by atoms with van der Waals surface area (Å²) in [7, 11) is 0. The molecule has 8 nitrogen and oxygen atoms in total. The molecule has 0 unspecified atom stereocenters. The highest BCUT2D eigenvalue weighted by Crippen LogP contribution is 2.40. The summed E-state index contributed by atoms with van der Waals surface area (Å²) in [6.07, 6.45) is 1.01. The summed E-state index contributed by atoms with van der Waals surface area (Å²) in [4.78, 5) is 23.5. The minimum Gasteiger partial charge on any atom is -0.486 e. The first-order valence-electron chi connectivity index (χ1n) is 15.9.